The Morgan fingerprint density at radius 3 is 2.74 bits per heavy atom. The Morgan fingerprint density at radius 1 is 1.15 bits per heavy atom. The van der Waals surface area contributed by atoms with Gasteiger partial charge in [-0.1, -0.05) is 24.3 Å². The molecule has 0 unspecified atom stereocenters. The van der Waals surface area contributed by atoms with Crippen LogP contribution in [0.5, 0.6) is 0 Å². The Bertz CT molecular complexity index is 1010. The van der Waals surface area contributed by atoms with Crippen LogP contribution in [-0.4, -0.2) is 37.2 Å². The van der Waals surface area contributed by atoms with Gasteiger partial charge >= 0.3 is 5.63 Å². The van der Waals surface area contributed by atoms with E-state index in [2.05, 4.69) is 15.2 Å². The molecule has 0 radical (unpaired) electrons. The van der Waals surface area contributed by atoms with Gasteiger partial charge in [-0.15, -0.1) is 0 Å². The minimum absolute atomic E-state index is 0.00778. The molecule has 27 heavy (non-hydrogen) atoms. The van der Waals surface area contributed by atoms with Crippen molar-refractivity contribution in [2.45, 2.75) is 6.54 Å². The lowest BCUT2D eigenvalue weighted by atomic mass is 10.1. The molecule has 4 rings (SSSR count). The van der Waals surface area contributed by atoms with E-state index in [1.165, 1.54) is 0 Å². The molecule has 3 heterocycles. The largest absolute Gasteiger partial charge is 0.422 e. The van der Waals surface area contributed by atoms with E-state index in [0.717, 1.165) is 24.5 Å². The fourth-order valence-electron chi connectivity index (χ4n) is 3.00. The number of carbonyl (C=O) groups excluding carboxylic acids is 1. The molecule has 1 aliphatic rings. The molecule has 1 aromatic carbocycles. The molecule has 0 aliphatic carbocycles. The van der Waals surface area contributed by atoms with Gasteiger partial charge in [-0.05, 0) is 23.8 Å². The predicted molar refractivity (Wildman–Crippen MR) is 101 cm³/mol. The van der Waals surface area contributed by atoms with Crippen molar-refractivity contribution in [2.75, 3.05) is 31.2 Å². The number of fused-ring (bicyclic) bond motifs is 1. The zero-order chi connectivity index (χ0) is 18.6. The zero-order valence-electron chi connectivity index (χ0n) is 14.7. The van der Waals surface area contributed by atoms with Gasteiger partial charge in [-0.25, -0.2) is 9.78 Å². The maximum absolute atomic E-state index is 12.4. The molecule has 1 fully saturated rings. The van der Waals surface area contributed by atoms with Crippen LogP contribution in [0.4, 0.5) is 5.82 Å². The number of rotatable bonds is 4. The number of amides is 1. The van der Waals surface area contributed by atoms with Gasteiger partial charge in [0.1, 0.15) is 17.0 Å². The lowest BCUT2D eigenvalue weighted by Crippen LogP contribution is -2.36. The summed E-state index contributed by atoms with van der Waals surface area (Å²) < 4.78 is 10.5. The molecular formula is C20H19N3O4. The Morgan fingerprint density at radius 2 is 1.96 bits per heavy atom. The van der Waals surface area contributed by atoms with Crippen molar-refractivity contribution in [3.05, 3.63) is 70.2 Å². The molecule has 1 N–H and O–H groups in total. The van der Waals surface area contributed by atoms with Crippen LogP contribution >= 0.6 is 0 Å². The van der Waals surface area contributed by atoms with E-state index < -0.39 is 11.5 Å². The molecule has 0 bridgehead atoms. The first-order valence-corrected chi connectivity index (χ1v) is 8.79. The second-order valence-electron chi connectivity index (χ2n) is 6.29. The number of hydrogen-bond donors (Lipinski definition) is 1. The highest BCUT2D eigenvalue weighted by atomic mass is 16.5. The van der Waals surface area contributed by atoms with E-state index in [4.69, 9.17) is 9.15 Å². The summed E-state index contributed by atoms with van der Waals surface area (Å²) in [6, 6.07) is 12.5. The standard InChI is InChI=1S/C20H19N3O4/c24-19(16-11-15-3-1-2-4-17(15)27-20(16)25)22-13-14-5-6-18(21-12-14)23-7-9-26-10-8-23/h1-6,11-12H,7-10,13H2,(H,22,24). The van der Waals surface area contributed by atoms with E-state index in [1.54, 1.807) is 30.5 Å². The highest BCUT2D eigenvalue weighted by Crippen LogP contribution is 2.14. The predicted octanol–water partition coefficient (Wildman–Crippen LogP) is 1.95. The normalized spacial score (nSPS) is 14.3. The number of aromatic nitrogens is 1. The Kier molecular flexibility index (Phi) is 4.84. The van der Waals surface area contributed by atoms with Gasteiger partial charge in [-0.3, -0.25) is 4.79 Å². The quantitative estimate of drug-likeness (QED) is 0.712. The van der Waals surface area contributed by atoms with E-state index in [1.807, 2.05) is 18.2 Å². The molecule has 2 aromatic heterocycles. The van der Waals surface area contributed by atoms with Crippen molar-refractivity contribution in [2.24, 2.45) is 0 Å². The summed E-state index contributed by atoms with van der Waals surface area (Å²) in [4.78, 5) is 31.0. The highest BCUT2D eigenvalue weighted by molar-refractivity contribution is 5.96. The molecular weight excluding hydrogens is 346 g/mol. The van der Waals surface area contributed by atoms with Crippen molar-refractivity contribution < 1.29 is 13.9 Å². The summed E-state index contributed by atoms with van der Waals surface area (Å²) in [5.74, 6) is 0.426. The van der Waals surface area contributed by atoms with Crippen LogP contribution in [0.3, 0.4) is 0 Å². The smallest absolute Gasteiger partial charge is 0.349 e. The fourth-order valence-corrected chi connectivity index (χ4v) is 3.00. The number of pyridine rings is 1. The number of nitrogens with one attached hydrogen (secondary N) is 1. The second-order valence-corrected chi connectivity index (χ2v) is 6.29. The highest BCUT2D eigenvalue weighted by Gasteiger charge is 2.14. The van der Waals surface area contributed by atoms with Crippen molar-refractivity contribution in [3.8, 4) is 0 Å². The van der Waals surface area contributed by atoms with Crippen molar-refractivity contribution >= 4 is 22.7 Å². The third kappa shape index (κ3) is 3.83. The van der Waals surface area contributed by atoms with Gasteiger partial charge in [-0.2, -0.15) is 0 Å². The lowest BCUT2D eigenvalue weighted by Gasteiger charge is -2.27. The summed E-state index contributed by atoms with van der Waals surface area (Å²) in [5, 5.41) is 3.45. The average Bonchev–Trinajstić information content (AvgIpc) is 2.72. The Hall–Kier alpha value is -3.19. The van der Waals surface area contributed by atoms with Gasteiger partial charge in [0.15, 0.2) is 0 Å². The van der Waals surface area contributed by atoms with Gasteiger partial charge in [0.2, 0.25) is 0 Å². The minimum Gasteiger partial charge on any atom is -0.422 e. The van der Waals surface area contributed by atoms with Gasteiger partial charge < -0.3 is 19.4 Å². The molecule has 7 heteroatoms. The second kappa shape index (κ2) is 7.59. The summed E-state index contributed by atoms with van der Waals surface area (Å²) in [7, 11) is 0. The third-order valence-electron chi connectivity index (χ3n) is 4.48. The minimum atomic E-state index is -0.646. The monoisotopic (exact) mass is 365 g/mol. The molecule has 1 saturated heterocycles. The Balaban J connectivity index is 1.43. The van der Waals surface area contributed by atoms with Crippen molar-refractivity contribution in [1.82, 2.24) is 10.3 Å². The molecule has 0 saturated carbocycles. The molecule has 138 valence electrons. The number of morpholine rings is 1. The van der Waals surface area contributed by atoms with Crippen molar-refractivity contribution in [1.29, 1.82) is 0 Å². The number of benzene rings is 1. The van der Waals surface area contributed by atoms with Crippen LogP contribution < -0.4 is 15.8 Å². The number of para-hydroxylation sites is 1. The van der Waals surface area contributed by atoms with E-state index in [0.29, 0.717) is 24.2 Å². The molecule has 0 atom stereocenters. The summed E-state index contributed by atoms with van der Waals surface area (Å²) in [6.07, 6.45) is 1.73. The van der Waals surface area contributed by atoms with Gasteiger partial charge in [0.05, 0.1) is 13.2 Å². The van der Waals surface area contributed by atoms with E-state index in [-0.39, 0.29) is 12.1 Å². The van der Waals surface area contributed by atoms with Crippen LogP contribution in [-0.2, 0) is 11.3 Å². The summed E-state index contributed by atoms with van der Waals surface area (Å²) >= 11 is 0. The number of nitrogens with zero attached hydrogens (tertiary/aromatic N) is 2. The number of carbonyl (C=O) groups is 1. The zero-order valence-corrected chi connectivity index (χ0v) is 14.7. The molecule has 1 aliphatic heterocycles. The van der Waals surface area contributed by atoms with Gasteiger partial charge in [0, 0.05) is 31.2 Å². The van der Waals surface area contributed by atoms with Crippen molar-refractivity contribution in [3.63, 3.8) is 0 Å². The maximum atomic E-state index is 12.4. The number of ether oxygens (including phenoxy) is 1. The number of hydrogen-bond acceptors (Lipinski definition) is 6. The summed E-state index contributed by atoms with van der Waals surface area (Å²) in [6.45, 7) is 3.32. The third-order valence-corrected chi connectivity index (χ3v) is 4.48. The van der Waals surface area contributed by atoms with Crippen LogP contribution in [0.1, 0.15) is 15.9 Å². The lowest BCUT2D eigenvalue weighted by molar-refractivity contribution is 0.0947. The first-order chi connectivity index (χ1) is 13.2. The topological polar surface area (TPSA) is 84.7 Å². The fraction of sp³-hybridized carbons (Fsp3) is 0.250. The average molecular weight is 365 g/mol. The first kappa shape index (κ1) is 17.2. The van der Waals surface area contributed by atoms with E-state index in [9.17, 15) is 9.59 Å². The molecule has 0 spiro atoms. The molecule has 1 amide bonds. The molecule has 7 nitrogen and oxygen atoms in total. The van der Waals surface area contributed by atoms with Crippen LogP contribution in [0.25, 0.3) is 11.0 Å². The Labute approximate surface area is 155 Å². The summed E-state index contributed by atoms with van der Waals surface area (Å²) in [5.41, 5.74) is 0.658. The molecule has 3 aromatic rings. The first-order valence-electron chi connectivity index (χ1n) is 8.79. The SMILES string of the molecule is O=C(NCc1ccc(N2CCOCC2)nc1)c1cc2ccccc2oc1=O. The number of anilines is 1. The van der Waals surface area contributed by atoms with Crippen LogP contribution in [0, 0.1) is 0 Å². The van der Waals surface area contributed by atoms with Gasteiger partial charge in [0.25, 0.3) is 5.91 Å². The van der Waals surface area contributed by atoms with E-state index >= 15 is 0 Å². The van der Waals surface area contributed by atoms with Crippen LogP contribution in [0.2, 0.25) is 0 Å². The maximum Gasteiger partial charge on any atom is 0.349 e. The van der Waals surface area contributed by atoms with Crippen LogP contribution in [0.15, 0.2) is 57.9 Å².